The molecule has 2 rings (SSSR count). The number of rotatable bonds is 4. The summed E-state index contributed by atoms with van der Waals surface area (Å²) in [4.78, 5) is 17.7. The SMILES string of the molecule is C#CC1CC(=O)N(Cc2ccc(OCC)nc2)C1. The molecule has 0 spiro atoms. The molecule has 2 heterocycles. The molecule has 4 heteroatoms. The molecule has 18 heavy (non-hydrogen) atoms. The van der Waals surface area contributed by atoms with Gasteiger partial charge >= 0.3 is 0 Å². The normalized spacial score (nSPS) is 18.8. The van der Waals surface area contributed by atoms with Gasteiger partial charge in [-0.2, -0.15) is 0 Å². The molecule has 1 fully saturated rings. The molecule has 0 aliphatic carbocycles. The highest BCUT2D eigenvalue weighted by molar-refractivity contribution is 5.79. The Bertz CT molecular complexity index is 462. The number of amides is 1. The summed E-state index contributed by atoms with van der Waals surface area (Å²) in [6.45, 7) is 3.72. The minimum atomic E-state index is 0.0492. The third kappa shape index (κ3) is 2.80. The summed E-state index contributed by atoms with van der Waals surface area (Å²) in [7, 11) is 0. The van der Waals surface area contributed by atoms with Crippen molar-refractivity contribution in [2.24, 2.45) is 5.92 Å². The number of aromatic nitrogens is 1. The number of hydrogen-bond donors (Lipinski definition) is 0. The molecule has 1 aromatic rings. The fourth-order valence-corrected chi connectivity index (χ4v) is 1.99. The number of terminal acetylenes is 1. The molecular formula is C14H16N2O2. The molecule has 0 aromatic carbocycles. The summed E-state index contributed by atoms with van der Waals surface area (Å²) in [6, 6.07) is 3.74. The average molecular weight is 244 g/mol. The largest absolute Gasteiger partial charge is 0.478 e. The maximum absolute atomic E-state index is 11.7. The number of carbonyl (C=O) groups excluding carboxylic acids is 1. The van der Waals surface area contributed by atoms with E-state index < -0.39 is 0 Å². The van der Waals surface area contributed by atoms with Crippen LogP contribution in [0.25, 0.3) is 0 Å². The fourth-order valence-electron chi connectivity index (χ4n) is 1.99. The van der Waals surface area contributed by atoms with Crippen LogP contribution in [0.5, 0.6) is 5.88 Å². The van der Waals surface area contributed by atoms with Crippen molar-refractivity contribution >= 4 is 5.91 Å². The summed E-state index contributed by atoms with van der Waals surface area (Å²) in [5.74, 6) is 3.41. The summed E-state index contributed by atoms with van der Waals surface area (Å²) in [5.41, 5.74) is 0.990. The van der Waals surface area contributed by atoms with Crippen molar-refractivity contribution in [3.63, 3.8) is 0 Å². The third-order valence-electron chi connectivity index (χ3n) is 2.91. The van der Waals surface area contributed by atoms with E-state index in [0.29, 0.717) is 32.0 Å². The third-order valence-corrected chi connectivity index (χ3v) is 2.91. The van der Waals surface area contributed by atoms with Gasteiger partial charge in [0.2, 0.25) is 11.8 Å². The molecule has 1 saturated heterocycles. The summed E-state index contributed by atoms with van der Waals surface area (Å²) in [5, 5.41) is 0. The predicted octanol–water partition coefficient (Wildman–Crippen LogP) is 1.46. The van der Waals surface area contributed by atoms with E-state index in [0.717, 1.165) is 5.56 Å². The van der Waals surface area contributed by atoms with Gasteiger partial charge in [0.25, 0.3) is 0 Å². The van der Waals surface area contributed by atoms with Gasteiger partial charge in [0.05, 0.1) is 6.61 Å². The smallest absolute Gasteiger partial charge is 0.224 e. The van der Waals surface area contributed by atoms with E-state index in [9.17, 15) is 4.79 Å². The monoisotopic (exact) mass is 244 g/mol. The molecule has 0 N–H and O–H groups in total. The lowest BCUT2D eigenvalue weighted by atomic mass is 10.1. The molecule has 1 unspecified atom stereocenters. The van der Waals surface area contributed by atoms with Crippen LogP contribution in [0.4, 0.5) is 0 Å². The van der Waals surface area contributed by atoms with E-state index in [1.807, 2.05) is 19.1 Å². The number of nitrogens with zero attached hydrogens (tertiary/aromatic N) is 2. The van der Waals surface area contributed by atoms with Crippen LogP contribution in [0.1, 0.15) is 18.9 Å². The van der Waals surface area contributed by atoms with Crippen molar-refractivity contribution in [1.82, 2.24) is 9.88 Å². The van der Waals surface area contributed by atoms with Crippen LogP contribution in [0.3, 0.4) is 0 Å². The first-order valence-electron chi connectivity index (χ1n) is 6.04. The number of hydrogen-bond acceptors (Lipinski definition) is 3. The van der Waals surface area contributed by atoms with Gasteiger partial charge in [-0.15, -0.1) is 12.3 Å². The Morgan fingerprint density at radius 1 is 1.61 bits per heavy atom. The standard InChI is InChI=1S/C14H16N2O2/c1-3-11-7-14(17)16(9-11)10-12-5-6-13(15-8-12)18-4-2/h1,5-6,8,11H,4,7,9-10H2,2H3. The molecule has 1 aliphatic rings. The summed E-state index contributed by atoms with van der Waals surface area (Å²) >= 11 is 0. The van der Waals surface area contributed by atoms with Crippen molar-refractivity contribution in [3.8, 4) is 18.2 Å². The Hall–Kier alpha value is -2.02. The zero-order chi connectivity index (χ0) is 13.0. The molecule has 1 aromatic heterocycles. The van der Waals surface area contributed by atoms with Crippen LogP contribution in [0.2, 0.25) is 0 Å². The second-order valence-electron chi connectivity index (χ2n) is 4.28. The molecule has 1 atom stereocenters. The van der Waals surface area contributed by atoms with Crippen molar-refractivity contribution in [1.29, 1.82) is 0 Å². The Labute approximate surface area is 107 Å². The lowest BCUT2D eigenvalue weighted by Gasteiger charge is -2.15. The van der Waals surface area contributed by atoms with Crippen molar-refractivity contribution < 1.29 is 9.53 Å². The summed E-state index contributed by atoms with van der Waals surface area (Å²) < 4.78 is 5.27. The molecule has 0 radical (unpaired) electrons. The molecule has 0 bridgehead atoms. The average Bonchev–Trinajstić information content (AvgIpc) is 2.73. The number of ether oxygens (including phenoxy) is 1. The van der Waals surface area contributed by atoms with Crippen LogP contribution in [-0.4, -0.2) is 28.9 Å². The minimum absolute atomic E-state index is 0.0492. The van der Waals surface area contributed by atoms with Gasteiger partial charge in [0.1, 0.15) is 0 Å². The zero-order valence-corrected chi connectivity index (χ0v) is 10.4. The number of carbonyl (C=O) groups is 1. The Morgan fingerprint density at radius 2 is 2.44 bits per heavy atom. The maximum atomic E-state index is 11.7. The first-order chi connectivity index (χ1) is 8.72. The molecule has 94 valence electrons. The first kappa shape index (κ1) is 12.4. The van der Waals surface area contributed by atoms with Gasteiger partial charge in [-0.05, 0) is 12.5 Å². The molecule has 1 aliphatic heterocycles. The number of pyridine rings is 1. The van der Waals surface area contributed by atoms with E-state index >= 15 is 0 Å². The van der Waals surface area contributed by atoms with Crippen molar-refractivity contribution in [2.75, 3.05) is 13.2 Å². The van der Waals surface area contributed by atoms with E-state index in [-0.39, 0.29) is 11.8 Å². The van der Waals surface area contributed by atoms with Gasteiger partial charge in [0, 0.05) is 37.7 Å². The zero-order valence-electron chi connectivity index (χ0n) is 10.4. The molecular weight excluding hydrogens is 228 g/mol. The Balaban J connectivity index is 1.97. The minimum Gasteiger partial charge on any atom is -0.478 e. The Morgan fingerprint density at radius 3 is 3.00 bits per heavy atom. The second-order valence-corrected chi connectivity index (χ2v) is 4.28. The van der Waals surface area contributed by atoms with Crippen LogP contribution < -0.4 is 4.74 Å². The second kappa shape index (κ2) is 5.54. The van der Waals surface area contributed by atoms with Crippen LogP contribution in [0.15, 0.2) is 18.3 Å². The van der Waals surface area contributed by atoms with Gasteiger partial charge in [-0.3, -0.25) is 4.79 Å². The molecule has 4 nitrogen and oxygen atoms in total. The van der Waals surface area contributed by atoms with Crippen LogP contribution in [0, 0.1) is 18.3 Å². The number of likely N-dealkylation sites (tertiary alicyclic amines) is 1. The van der Waals surface area contributed by atoms with E-state index in [2.05, 4.69) is 10.9 Å². The first-order valence-corrected chi connectivity index (χ1v) is 6.04. The maximum Gasteiger partial charge on any atom is 0.224 e. The van der Waals surface area contributed by atoms with E-state index in [4.69, 9.17) is 11.2 Å². The lowest BCUT2D eigenvalue weighted by Crippen LogP contribution is -2.24. The molecule has 0 saturated carbocycles. The lowest BCUT2D eigenvalue weighted by molar-refractivity contribution is -0.128. The predicted molar refractivity (Wildman–Crippen MR) is 67.8 cm³/mol. The topological polar surface area (TPSA) is 42.4 Å². The van der Waals surface area contributed by atoms with E-state index in [1.165, 1.54) is 0 Å². The van der Waals surface area contributed by atoms with Crippen molar-refractivity contribution in [3.05, 3.63) is 23.9 Å². The van der Waals surface area contributed by atoms with Gasteiger partial charge in [0.15, 0.2) is 0 Å². The van der Waals surface area contributed by atoms with Crippen molar-refractivity contribution in [2.45, 2.75) is 19.9 Å². The van der Waals surface area contributed by atoms with Crippen LogP contribution in [-0.2, 0) is 11.3 Å². The highest BCUT2D eigenvalue weighted by Gasteiger charge is 2.27. The van der Waals surface area contributed by atoms with Gasteiger partial charge in [-0.25, -0.2) is 4.98 Å². The highest BCUT2D eigenvalue weighted by Crippen LogP contribution is 2.19. The Kier molecular flexibility index (Phi) is 3.83. The van der Waals surface area contributed by atoms with E-state index in [1.54, 1.807) is 11.1 Å². The fraction of sp³-hybridized carbons (Fsp3) is 0.429. The quantitative estimate of drug-likeness (QED) is 0.753. The summed E-state index contributed by atoms with van der Waals surface area (Å²) in [6.07, 6.45) is 7.54. The van der Waals surface area contributed by atoms with Gasteiger partial charge < -0.3 is 9.64 Å². The van der Waals surface area contributed by atoms with Gasteiger partial charge in [-0.1, -0.05) is 6.07 Å². The highest BCUT2D eigenvalue weighted by atomic mass is 16.5. The molecule has 1 amide bonds. The van der Waals surface area contributed by atoms with Crippen LogP contribution >= 0.6 is 0 Å².